The predicted octanol–water partition coefficient (Wildman–Crippen LogP) is 2.82. The summed E-state index contributed by atoms with van der Waals surface area (Å²) in [5.41, 5.74) is 2.63. The molecule has 1 heterocycles. The molecule has 1 aliphatic rings. The number of hydrogen-bond acceptors (Lipinski definition) is 3. The fourth-order valence-electron chi connectivity index (χ4n) is 2.77. The van der Waals surface area contributed by atoms with Gasteiger partial charge >= 0.3 is 0 Å². The Morgan fingerprint density at radius 1 is 1.25 bits per heavy atom. The summed E-state index contributed by atoms with van der Waals surface area (Å²) in [4.78, 5) is 4.66. The van der Waals surface area contributed by atoms with Crippen LogP contribution >= 0.6 is 0 Å². The molecule has 1 aromatic rings. The molecule has 1 aromatic carbocycles. The number of rotatable bonds is 6. The minimum Gasteiger partial charge on any atom is -0.378 e. The summed E-state index contributed by atoms with van der Waals surface area (Å²) < 4.78 is 0. The van der Waals surface area contributed by atoms with E-state index in [4.69, 9.17) is 0 Å². The molecular formula is C17H29N3. The van der Waals surface area contributed by atoms with E-state index in [-0.39, 0.29) is 0 Å². The Hall–Kier alpha value is -1.22. The molecule has 0 bridgehead atoms. The van der Waals surface area contributed by atoms with Gasteiger partial charge in [-0.15, -0.1) is 0 Å². The van der Waals surface area contributed by atoms with Gasteiger partial charge in [-0.1, -0.05) is 13.8 Å². The zero-order valence-electron chi connectivity index (χ0n) is 13.4. The van der Waals surface area contributed by atoms with E-state index in [1.54, 1.807) is 0 Å². The van der Waals surface area contributed by atoms with E-state index in [9.17, 15) is 0 Å². The summed E-state index contributed by atoms with van der Waals surface area (Å²) in [6, 6.07) is 8.91. The number of hydrogen-bond donors (Lipinski definition) is 1. The highest BCUT2D eigenvalue weighted by molar-refractivity contribution is 5.56. The van der Waals surface area contributed by atoms with E-state index in [2.05, 4.69) is 67.3 Å². The molecule has 0 aromatic heterocycles. The molecule has 0 amide bonds. The average molecular weight is 275 g/mol. The topological polar surface area (TPSA) is 18.5 Å². The third kappa shape index (κ3) is 4.14. The first-order valence-electron chi connectivity index (χ1n) is 7.79. The highest BCUT2D eigenvalue weighted by atomic mass is 15.2. The molecule has 2 rings (SSSR count). The lowest BCUT2D eigenvalue weighted by Gasteiger charge is -2.20. The summed E-state index contributed by atoms with van der Waals surface area (Å²) in [6.07, 6.45) is 1.31. The molecule has 112 valence electrons. The second kappa shape index (κ2) is 6.98. The largest absolute Gasteiger partial charge is 0.378 e. The van der Waals surface area contributed by atoms with Crippen molar-refractivity contribution in [3.63, 3.8) is 0 Å². The van der Waals surface area contributed by atoms with Crippen LogP contribution in [0.15, 0.2) is 24.3 Å². The van der Waals surface area contributed by atoms with Crippen molar-refractivity contribution in [1.29, 1.82) is 0 Å². The molecule has 3 nitrogen and oxygen atoms in total. The molecule has 1 atom stereocenters. The lowest BCUT2D eigenvalue weighted by atomic mass is 10.1. The second-order valence-electron chi connectivity index (χ2n) is 6.56. The Kier molecular flexibility index (Phi) is 5.30. The van der Waals surface area contributed by atoms with Crippen LogP contribution in [0.4, 0.5) is 11.4 Å². The molecular weight excluding hydrogens is 246 g/mol. The van der Waals surface area contributed by atoms with Crippen LogP contribution in [0, 0.1) is 11.8 Å². The van der Waals surface area contributed by atoms with Crippen molar-refractivity contribution in [1.82, 2.24) is 5.32 Å². The first kappa shape index (κ1) is 15.2. The van der Waals surface area contributed by atoms with E-state index in [0.717, 1.165) is 24.9 Å². The van der Waals surface area contributed by atoms with Crippen molar-refractivity contribution in [2.75, 3.05) is 50.1 Å². The van der Waals surface area contributed by atoms with Gasteiger partial charge in [0.05, 0.1) is 0 Å². The van der Waals surface area contributed by atoms with Gasteiger partial charge in [-0.3, -0.25) is 0 Å². The molecule has 1 aliphatic heterocycles. The molecule has 1 N–H and O–H groups in total. The summed E-state index contributed by atoms with van der Waals surface area (Å²) in [5.74, 6) is 1.54. The Balaban J connectivity index is 1.83. The minimum atomic E-state index is 0.742. The van der Waals surface area contributed by atoms with Gasteiger partial charge in [0.25, 0.3) is 0 Å². The first-order valence-corrected chi connectivity index (χ1v) is 7.79. The van der Waals surface area contributed by atoms with Gasteiger partial charge in [-0.25, -0.2) is 0 Å². The zero-order chi connectivity index (χ0) is 14.5. The molecule has 20 heavy (non-hydrogen) atoms. The van der Waals surface area contributed by atoms with Crippen LogP contribution in [0.3, 0.4) is 0 Å². The molecule has 0 aliphatic carbocycles. The van der Waals surface area contributed by atoms with Gasteiger partial charge in [0.15, 0.2) is 0 Å². The van der Waals surface area contributed by atoms with Gasteiger partial charge in [-0.05, 0) is 55.6 Å². The van der Waals surface area contributed by atoms with Crippen LogP contribution in [0.5, 0.6) is 0 Å². The third-order valence-electron chi connectivity index (χ3n) is 4.00. The van der Waals surface area contributed by atoms with Crippen LogP contribution in [0.1, 0.15) is 20.3 Å². The van der Waals surface area contributed by atoms with E-state index in [1.807, 2.05) is 0 Å². The average Bonchev–Trinajstić information content (AvgIpc) is 2.87. The fraction of sp³-hybridized carbons (Fsp3) is 0.647. The quantitative estimate of drug-likeness (QED) is 0.861. The molecule has 1 saturated heterocycles. The van der Waals surface area contributed by atoms with Crippen LogP contribution < -0.4 is 15.1 Å². The van der Waals surface area contributed by atoms with E-state index in [1.165, 1.54) is 30.9 Å². The summed E-state index contributed by atoms with van der Waals surface area (Å²) in [5, 5.41) is 3.59. The third-order valence-corrected chi connectivity index (χ3v) is 4.00. The van der Waals surface area contributed by atoms with Crippen molar-refractivity contribution in [3.05, 3.63) is 24.3 Å². The predicted molar refractivity (Wildman–Crippen MR) is 88.8 cm³/mol. The summed E-state index contributed by atoms with van der Waals surface area (Å²) in [7, 11) is 4.17. The maximum Gasteiger partial charge on any atom is 0.0367 e. The Bertz CT molecular complexity index is 397. The number of anilines is 2. The molecule has 3 heteroatoms. The molecule has 0 radical (unpaired) electrons. The fourth-order valence-corrected chi connectivity index (χ4v) is 2.77. The van der Waals surface area contributed by atoms with Crippen LogP contribution in [0.25, 0.3) is 0 Å². The highest BCUT2D eigenvalue weighted by Crippen LogP contribution is 2.25. The van der Waals surface area contributed by atoms with Gasteiger partial charge < -0.3 is 15.1 Å². The van der Waals surface area contributed by atoms with Gasteiger partial charge in [0.1, 0.15) is 0 Å². The van der Waals surface area contributed by atoms with Crippen molar-refractivity contribution in [2.24, 2.45) is 11.8 Å². The maximum atomic E-state index is 3.59. The minimum absolute atomic E-state index is 0.742. The molecule has 1 unspecified atom stereocenters. The molecule has 1 fully saturated rings. The molecule has 0 saturated carbocycles. The lowest BCUT2D eigenvalue weighted by molar-refractivity contribution is 0.477. The van der Waals surface area contributed by atoms with Gasteiger partial charge in [0.2, 0.25) is 0 Å². The SMILES string of the molecule is CC(C)CNCC1CCN(c2ccc(N(C)C)cc2)C1. The number of nitrogens with one attached hydrogen (secondary N) is 1. The van der Waals surface area contributed by atoms with Crippen molar-refractivity contribution in [3.8, 4) is 0 Å². The van der Waals surface area contributed by atoms with Gasteiger partial charge in [0, 0.05) is 38.6 Å². The van der Waals surface area contributed by atoms with Crippen molar-refractivity contribution in [2.45, 2.75) is 20.3 Å². The van der Waals surface area contributed by atoms with E-state index in [0.29, 0.717) is 0 Å². The number of benzene rings is 1. The normalized spacial score (nSPS) is 18.9. The smallest absolute Gasteiger partial charge is 0.0367 e. The van der Waals surface area contributed by atoms with Crippen molar-refractivity contribution >= 4 is 11.4 Å². The lowest BCUT2D eigenvalue weighted by Crippen LogP contribution is -2.28. The highest BCUT2D eigenvalue weighted by Gasteiger charge is 2.22. The first-order chi connectivity index (χ1) is 9.56. The second-order valence-corrected chi connectivity index (χ2v) is 6.56. The Morgan fingerprint density at radius 2 is 1.95 bits per heavy atom. The summed E-state index contributed by atoms with van der Waals surface area (Å²) >= 11 is 0. The standard InChI is InChI=1S/C17H29N3/c1-14(2)11-18-12-15-9-10-20(13-15)17-7-5-16(6-8-17)19(3)4/h5-8,14-15,18H,9-13H2,1-4H3. The van der Waals surface area contributed by atoms with Crippen LogP contribution in [-0.2, 0) is 0 Å². The van der Waals surface area contributed by atoms with Crippen molar-refractivity contribution < 1.29 is 0 Å². The van der Waals surface area contributed by atoms with E-state index < -0.39 is 0 Å². The zero-order valence-corrected chi connectivity index (χ0v) is 13.4. The van der Waals surface area contributed by atoms with Gasteiger partial charge in [-0.2, -0.15) is 0 Å². The number of nitrogens with zero attached hydrogens (tertiary/aromatic N) is 2. The maximum absolute atomic E-state index is 3.59. The Labute approximate surface area is 124 Å². The van der Waals surface area contributed by atoms with Crippen LogP contribution in [-0.4, -0.2) is 40.3 Å². The molecule has 0 spiro atoms. The Morgan fingerprint density at radius 3 is 2.55 bits per heavy atom. The summed E-state index contributed by atoms with van der Waals surface area (Å²) in [6.45, 7) is 9.20. The van der Waals surface area contributed by atoms with E-state index >= 15 is 0 Å². The van der Waals surface area contributed by atoms with Crippen LogP contribution in [0.2, 0.25) is 0 Å². The monoisotopic (exact) mass is 275 g/mol.